The molecule has 0 aliphatic carbocycles. The summed E-state index contributed by atoms with van der Waals surface area (Å²) in [5.41, 5.74) is 2.99. The Kier molecular flexibility index (Phi) is 5.48. The zero-order chi connectivity index (χ0) is 19.6. The second kappa shape index (κ2) is 7.82. The molecule has 0 saturated carbocycles. The maximum Gasteiger partial charge on any atom is 0.255 e. The molecule has 2 heterocycles. The molecule has 1 saturated heterocycles. The lowest BCUT2D eigenvalue weighted by atomic mass is 10.0. The van der Waals surface area contributed by atoms with E-state index in [9.17, 15) is 9.59 Å². The number of piperidine rings is 1. The van der Waals surface area contributed by atoms with Crippen molar-refractivity contribution in [2.45, 2.75) is 32.7 Å². The number of rotatable bonds is 4. The highest BCUT2D eigenvalue weighted by atomic mass is 16.2. The Morgan fingerprint density at radius 3 is 2.59 bits per heavy atom. The molecule has 7 nitrogen and oxygen atoms in total. The van der Waals surface area contributed by atoms with Gasteiger partial charge in [-0.3, -0.25) is 14.6 Å². The molecule has 2 N–H and O–H groups in total. The molecular weight excluding hydrogens is 342 g/mol. The molecular formula is C20H27N5O2. The number of hydrogen-bond acceptors (Lipinski definition) is 5. The summed E-state index contributed by atoms with van der Waals surface area (Å²) in [7, 11) is 3.93. The molecule has 0 bridgehead atoms. The number of anilines is 2. The number of aromatic nitrogens is 2. The van der Waals surface area contributed by atoms with Gasteiger partial charge in [-0.05, 0) is 44.9 Å². The van der Waals surface area contributed by atoms with E-state index in [0.717, 1.165) is 24.2 Å². The highest BCUT2D eigenvalue weighted by molar-refractivity contribution is 5.95. The second-order valence-electron chi connectivity index (χ2n) is 7.28. The fraction of sp³-hybridized carbons (Fsp3) is 0.450. The van der Waals surface area contributed by atoms with E-state index in [1.165, 1.54) is 0 Å². The number of carbonyl (C=O) groups is 1. The number of nitrogens with zero attached hydrogens (tertiary/aromatic N) is 3. The summed E-state index contributed by atoms with van der Waals surface area (Å²) >= 11 is 0. The molecule has 1 aromatic heterocycles. The van der Waals surface area contributed by atoms with Gasteiger partial charge in [0.1, 0.15) is 0 Å². The normalized spacial score (nSPS) is 14.9. The molecule has 7 heteroatoms. The lowest BCUT2D eigenvalue weighted by Gasteiger charge is -2.32. The van der Waals surface area contributed by atoms with E-state index in [1.807, 2.05) is 55.1 Å². The maximum atomic E-state index is 12.8. The summed E-state index contributed by atoms with van der Waals surface area (Å²) in [6.07, 6.45) is 1.63. The Morgan fingerprint density at radius 1 is 1.26 bits per heavy atom. The van der Waals surface area contributed by atoms with Gasteiger partial charge in [0.05, 0.1) is 0 Å². The summed E-state index contributed by atoms with van der Waals surface area (Å²) in [6.45, 7) is 4.95. The van der Waals surface area contributed by atoms with Gasteiger partial charge in [0.15, 0.2) is 0 Å². The second-order valence-corrected chi connectivity index (χ2v) is 7.28. The molecule has 2 aromatic rings. The monoisotopic (exact) mass is 369 g/mol. The predicted molar refractivity (Wildman–Crippen MR) is 108 cm³/mol. The molecule has 1 fully saturated rings. The van der Waals surface area contributed by atoms with Crippen LogP contribution in [0.4, 0.5) is 11.6 Å². The van der Waals surface area contributed by atoms with E-state index in [4.69, 9.17) is 0 Å². The van der Waals surface area contributed by atoms with Crippen molar-refractivity contribution in [2.75, 3.05) is 37.4 Å². The molecule has 144 valence electrons. The number of amides is 1. The standard InChI is InChI=1S/C20H27N5O2/c1-13-14(2)21-20(23-18(13)26)22-16-8-10-25(11-9-16)19(27)15-6-5-7-17(12-15)24(3)4/h5-7,12,16H,8-11H2,1-4H3,(H2,21,22,23,26). The van der Waals surface area contributed by atoms with Crippen LogP contribution in [0.15, 0.2) is 29.1 Å². The SMILES string of the molecule is Cc1nc(NC2CCN(C(=O)c3cccc(N(C)C)c3)CC2)[nH]c(=O)c1C. The average molecular weight is 369 g/mol. The van der Waals surface area contributed by atoms with Crippen molar-refractivity contribution in [2.24, 2.45) is 0 Å². The molecule has 27 heavy (non-hydrogen) atoms. The molecule has 0 spiro atoms. The number of benzene rings is 1. The third-order valence-corrected chi connectivity index (χ3v) is 5.13. The van der Waals surface area contributed by atoms with Crippen LogP contribution in [-0.2, 0) is 0 Å². The summed E-state index contributed by atoms with van der Waals surface area (Å²) in [6, 6.07) is 7.88. The van der Waals surface area contributed by atoms with Gasteiger partial charge >= 0.3 is 0 Å². The molecule has 1 aliphatic rings. The molecule has 0 radical (unpaired) electrons. The van der Waals surface area contributed by atoms with Gasteiger partial charge in [0, 0.05) is 55.7 Å². The van der Waals surface area contributed by atoms with Gasteiger partial charge in [0.2, 0.25) is 5.95 Å². The van der Waals surface area contributed by atoms with Gasteiger partial charge in [0.25, 0.3) is 11.5 Å². The Bertz CT molecular complexity index is 882. The van der Waals surface area contributed by atoms with E-state index in [2.05, 4.69) is 15.3 Å². The van der Waals surface area contributed by atoms with Crippen LogP contribution in [0.3, 0.4) is 0 Å². The van der Waals surface area contributed by atoms with Gasteiger partial charge in [-0.15, -0.1) is 0 Å². The summed E-state index contributed by atoms with van der Waals surface area (Å²) in [4.78, 5) is 35.7. The van der Waals surface area contributed by atoms with Crippen molar-refractivity contribution in [1.82, 2.24) is 14.9 Å². The van der Waals surface area contributed by atoms with Crippen molar-refractivity contribution in [3.05, 3.63) is 51.4 Å². The van der Waals surface area contributed by atoms with Crippen LogP contribution in [0, 0.1) is 13.8 Å². The van der Waals surface area contributed by atoms with Crippen LogP contribution < -0.4 is 15.8 Å². The summed E-state index contributed by atoms with van der Waals surface area (Å²) in [5, 5.41) is 3.30. The van der Waals surface area contributed by atoms with Crippen molar-refractivity contribution < 1.29 is 4.79 Å². The molecule has 1 aromatic carbocycles. The maximum absolute atomic E-state index is 12.8. The molecule has 1 amide bonds. The number of H-pyrrole nitrogens is 1. The minimum atomic E-state index is -0.113. The quantitative estimate of drug-likeness (QED) is 0.863. The first kappa shape index (κ1) is 18.9. The number of likely N-dealkylation sites (tertiary alicyclic amines) is 1. The smallest absolute Gasteiger partial charge is 0.255 e. The van der Waals surface area contributed by atoms with E-state index < -0.39 is 0 Å². The van der Waals surface area contributed by atoms with Crippen LogP contribution in [0.25, 0.3) is 0 Å². The van der Waals surface area contributed by atoms with E-state index in [0.29, 0.717) is 30.2 Å². The van der Waals surface area contributed by atoms with Crippen LogP contribution >= 0.6 is 0 Å². The average Bonchev–Trinajstić information content (AvgIpc) is 2.66. The first-order chi connectivity index (χ1) is 12.8. The Labute approximate surface area is 159 Å². The third kappa shape index (κ3) is 4.30. The molecule has 1 aliphatic heterocycles. The van der Waals surface area contributed by atoms with Crippen LogP contribution in [0.5, 0.6) is 0 Å². The van der Waals surface area contributed by atoms with Crippen LogP contribution in [0.1, 0.15) is 34.5 Å². The molecule has 3 rings (SSSR count). The summed E-state index contributed by atoms with van der Waals surface area (Å²) in [5.74, 6) is 0.571. The van der Waals surface area contributed by atoms with Gasteiger partial charge < -0.3 is 15.1 Å². The zero-order valence-electron chi connectivity index (χ0n) is 16.4. The fourth-order valence-electron chi connectivity index (χ4n) is 3.23. The van der Waals surface area contributed by atoms with Gasteiger partial charge in [-0.25, -0.2) is 4.98 Å². The number of hydrogen-bond donors (Lipinski definition) is 2. The number of carbonyl (C=O) groups excluding carboxylic acids is 1. The highest BCUT2D eigenvalue weighted by Gasteiger charge is 2.24. The largest absolute Gasteiger partial charge is 0.378 e. The van der Waals surface area contributed by atoms with Crippen molar-refractivity contribution in [1.29, 1.82) is 0 Å². The Hall–Kier alpha value is -2.83. The topological polar surface area (TPSA) is 81.3 Å². The van der Waals surface area contributed by atoms with Crippen molar-refractivity contribution in [3.8, 4) is 0 Å². The lowest BCUT2D eigenvalue weighted by molar-refractivity contribution is 0.0718. The van der Waals surface area contributed by atoms with Gasteiger partial charge in [-0.1, -0.05) is 6.07 Å². The fourth-order valence-corrected chi connectivity index (χ4v) is 3.23. The van der Waals surface area contributed by atoms with Gasteiger partial charge in [-0.2, -0.15) is 0 Å². The highest BCUT2D eigenvalue weighted by Crippen LogP contribution is 2.19. The Morgan fingerprint density at radius 2 is 1.96 bits per heavy atom. The number of aromatic amines is 1. The first-order valence-electron chi connectivity index (χ1n) is 9.26. The van der Waals surface area contributed by atoms with Crippen molar-refractivity contribution >= 4 is 17.5 Å². The van der Waals surface area contributed by atoms with E-state index in [1.54, 1.807) is 6.92 Å². The predicted octanol–water partition coefficient (Wildman–Crippen LogP) is 2.17. The van der Waals surface area contributed by atoms with Crippen LogP contribution in [-0.4, -0.2) is 54.0 Å². The van der Waals surface area contributed by atoms with E-state index >= 15 is 0 Å². The molecule has 0 atom stereocenters. The lowest BCUT2D eigenvalue weighted by Crippen LogP contribution is -2.42. The first-order valence-corrected chi connectivity index (χ1v) is 9.26. The van der Waals surface area contributed by atoms with Crippen LogP contribution in [0.2, 0.25) is 0 Å². The van der Waals surface area contributed by atoms with E-state index in [-0.39, 0.29) is 17.5 Å². The summed E-state index contributed by atoms with van der Waals surface area (Å²) < 4.78 is 0. The minimum Gasteiger partial charge on any atom is -0.378 e. The number of nitrogens with one attached hydrogen (secondary N) is 2. The third-order valence-electron chi connectivity index (χ3n) is 5.13. The molecule has 0 unspecified atom stereocenters. The minimum absolute atomic E-state index is 0.0647. The number of aryl methyl sites for hydroxylation is 1. The Balaban J connectivity index is 1.61. The zero-order valence-corrected chi connectivity index (χ0v) is 16.4. The van der Waals surface area contributed by atoms with Crippen molar-refractivity contribution in [3.63, 3.8) is 0 Å².